The van der Waals surface area contributed by atoms with E-state index in [2.05, 4.69) is 16.3 Å². The first-order chi connectivity index (χ1) is 6.38. The lowest BCUT2D eigenvalue weighted by Crippen LogP contribution is -1.84. The summed E-state index contributed by atoms with van der Waals surface area (Å²) in [5, 5.41) is 0.689. The summed E-state index contributed by atoms with van der Waals surface area (Å²) in [6, 6.07) is 9.36. The molecule has 0 unspecified atom stereocenters. The summed E-state index contributed by atoms with van der Waals surface area (Å²) in [6.45, 7) is 0. The summed E-state index contributed by atoms with van der Waals surface area (Å²) < 4.78 is 0. The van der Waals surface area contributed by atoms with Crippen molar-refractivity contribution in [1.29, 1.82) is 0 Å². The Bertz CT molecular complexity index is 401. The minimum atomic E-state index is 0.689. The van der Waals surface area contributed by atoms with E-state index >= 15 is 0 Å². The van der Waals surface area contributed by atoms with Crippen LogP contribution in [0.5, 0.6) is 0 Å². The van der Waals surface area contributed by atoms with E-state index in [-0.39, 0.29) is 0 Å². The summed E-state index contributed by atoms with van der Waals surface area (Å²) in [6.07, 6.45) is 4.17. The van der Waals surface area contributed by atoms with E-state index < -0.39 is 0 Å². The smallest absolute Gasteiger partial charge is 0.198 e. The van der Waals surface area contributed by atoms with Gasteiger partial charge in [0.15, 0.2) is 6.33 Å². The Labute approximate surface area is 81.2 Å². The van der Waals surface area contributed by atoms with Crippen LogP contribution in [0.15, 0.2) is 36.5 Å². The molecule has 2 rings (SSSR count). The van der Waals surface area contributed by atoms with Gasteiger partial charge in [-0.1, -0.05) is 29.8 Å². The van der Waals surface area contributed by atoms with E-state index in [0.717, 1.165) is 11.3 Å². The standard InChI is InChI=1S/C10H6ClN2/c11-9-4-2-1-3-8(9)10-5-6-12-7-13-10/h1-6H. The summed E-state index contributed by atoms with van der Waals surface area (Å²) in [5.74, 6) is 0. The second-order valence-electron chi connectivity index (χ2n) is 2.52. The summed E-state index contributed by atoms with van der Waals surface area (Å²) in [5.41, 5.74) is 1.70. The van der Waals surface area contributed by atoms with Gasteiger partial charge < -0.3 is 0 Å². The Morgan fingerprint density at radius 1 is 1.15 bits per heavy atom. The quantitative estimate of drug-likeness (QED) is 0.689. The second-order valence-corrected chi connectivity index (χ2v) is 2.93. The predicted octanol–water partition coefficient (Wildman–Crippen LogP) is 2.60. The van der Waals surface area contributed by atoms with Crippen molar-refractivity contribution in [3.63, 3.8) is 0 Å². The van der Waals surface area contributed by atoms with Crippen molar-refractivity contribution in [2.24, 2.45) is 0 Å². The van der Waals surface area contributed by atoms with Crippen LogP contribution >= 0.6 is 11.6 Å². The molecular formula is C10H6ClN2. The van der Waals surface area contributed by atoms with Crippen LogP contribution in [0, 0.1) is 6.33 Å². The normalized spacial score (nSPS) is 9.92. The zero-order valence-electron chi connectivity index (χ0n) is 6.74. The van der Waals surface area contributed by atoms with E-state index in [4.69, 9.17) is 11.6 Å². The molecule has 0 fully saturated rings. The highest BCUT2D eigenvalue weighted by molar-refractivity contribution is 6.33. The van der Waals surface area contributed by atoms with Crippen LogP contribution in [0.1, 0.15) is 0 Å². The number of hydrogen-bond donors (Lipinski definition) is 0. The summed E-state index contributed by atoms with van der Waals surface area (Å²) in [4.78, 5) is 7.71. The lowest BCUT2D eigenvalue weighted by Gasteiger charge is -2.00. The van der Waals surface area contributed by atoms with Crippen molar-refractivity contribution in [3.8, 4) is 11.3 Å². The molecule has 0 amide bonds. The molecule has 2 aromatic rings. The molecule has 0 spiro atoms. The molecule has 1 heterocycles. The van der Waals surface area contributed by atoms with Gasteiger partial charge >= 0.3 is 0 Å². The lowest BCUT2D eigenvalue weighted by molar-refractivity contribution is 1.15. The Morgan fingerprint density at radius 3 is 2.69 bits per heavy atom. The zero-order valence-corrected chi connectivity index (χ0v) is 7.49. The first-order valence-corrected chi connectivity index (χ1v) is 4.20. The monoisotopic (exact) mass is 189 g/mol. The third-order valence-corrected chi connectivity index (χ3v) is 2.01. The predicted molar refractivity (Wildman–Crippen MR) is 51.3 cm³/mol. The molecule has 1 aromatic heterocycles. The molecule has 13 heavy (non-hydrogen) atoms. The molecule has 0 aliphatic carbocycles. The van der Waals surface area contributed by atoms with Crippen molar-refractivity contribution < 1.29 is 0 Å². The third kappa shape index (κ3) is 1.68. The highest BCUT2D eigenvalue weighted by atomic mass is 35.5. The van der Waals surface area contributed by atoms with Crippen LogP contribution < -0.4 is 0 Å². The van der Waals surface area contributed by atoms with Crippen LogP contribution in [0.25, 0.3) is 11.3 Å². The Kier molecular flexibility index (Phi) is 2.23. The van der Waals surface area contributed by atoms with Crippen molar-refractivity contribution in [1.82, 2.24) is 9.97 Å². The number of nitrogens with zero attached hydrogens (tertiary/aromatic N) is 2. The average molecular weight is 190 g/mol. The number of halogens is 1. The van der Waals surface area contributed by atoms with E-state index in [1.807, 2.05) is 24.3 Å². The zero-order chi connectivity index (χ0) is 9.10. The maximum atomic E-state index is 5.98. The molecule has 0 N–H and O–H groups in total. The first kappa shape index (κ1) is 8.20. The van der Waals surface area contributed by atoms with Gasteiger partial charge in [0.25, 0.3) is 0 Å². The van der Waals surface area contributed by atoms with Crippen molar-refractivity contribution in [3.05, 3.63) is 47.9 Å². The van der Waals surface area contributed by atoms with E-state index in [1.165, 1.54) is 0 Å². The Balaban J connectivity index is 2.54. The maximum Gasteiger partial charge on any atom is 0.198 e. The number of aromatic nitrogens is 2. The maximum absolute atomic E-state index is 5.98. The van der Waals surface area contributed by atoms with Gasteiger partial charge in [0.05, 0.1) is 5.69 Å². The molecule has 3 heteroatoms. The molecular weight excluding hydrogens is 184 g/mol. The summed E-state index contributed by atoms with van der Waals surface area (Å²) >= 11 is 5.98. The second kappa shape index (κ2) is 3.54. The van der Waals surface area contributed by atoms with Gasteiger partial charge in [-0.3, -0.25) is 0 Å². The van der Waals surface area contributed by atoms with Gasteiger partial charge in [-0.2, -0.15) is 0 Å². The molecule has 2 nitrogen and oxygen atoms in total. The topological polar surface area (TPSA) is 25.8 Å². The highest BCUT2D eigenvalue weighted by Crippen LogP contribution is 2.24. The number of rotatable bonds is 1. The average Bonchev–Trinajstić information content (AvgIpc) is 2.20. The van der Waals surface area contributed by atoms with Crippen molar-refractivity contribution >= 4 is 11.6 Å². The van der Waals surface area contributed by atoms with Crippen LogP contribution in [0.2, 0.25) is 5.02 Å². The molecule has 0 aliphatic rings. The fourth-order valence-electron chi connectivity index (χ4n) is 1.08. The van der Waals surface area contributed by atoms with Crippen molar-refractivity contribution in [2.75, 3.05) is 0 Å². The van der Waals surface area contributed by atoms with Crippen LogP contribution in [0.3, 0.4) is 0 Å². The van der Waals surface area contributed by atoms with Gasteiger partial charge in [0.1, 0.15) is 0 Å². The molecule has 0 aliphatic heterocycles. The molecule has 1 radical (unpaired) electrons. The molecule has 0 saturated heterocycles. The molecule has 0 bridgehead atoms. The van der Waals surface area contributed by atoms with E-state index in [9.17, 15) is 0 Å². The number of benzene rings is 1. The SMILES string of the molecule is Clc1ccccc1-c1ccn[c]n1. The first-order valence-electron chi connectivity index (χ1n) is 3.82. The number of hydrogen-bond acceptors (Lipinski definition) is 2. The molecule has 63 valence electrons. The Hall–Kier alpha value is -1.41. The van der Waals surface area contributed by atoms with E-state index in [0.29, 0.717) is 5.02 Å². The molecule has 0 saturated carbocycles. The largest absolute Gasteiger partial charge is 0.234 e. The van der Waals surface area contributed by atoms with Gasteiger partial charge in [-0.15, -0.1) is 0 Å². The van der Waals surface area contributed by atoms with Gasteiger partial charge in [-0.05, 0) is 12.1 Å². The van der Waals surface area contributed by atoms with Gasteiger partial charge in [-0.25, -0.2) is 9.97 Å². The molecule has 0 atom stereocenters. The fraction of sp³-hybridized carbons (Fsp3) is 0. The third-order valence-electron chi connectivity index (χ3n) is 1.68. The minimum Gasteiger partial charge on any atom is -0.234 e. The highest BCUT2D eigenvalue weighted by Gasteiger charge is 2.01. The fourth-order valence-corrected chi connectivity index (χ4v) is 1.31. The van der Waals surface area contributed by atoms with E-state index in [1.54, 1.807) is 12.3 Å². The molecule has 1 aromatic carbocycles. The van der Waals surface area contributed by atoms with Crippen LogP contribution in [-0.2, 0) is 0 Å². The lowest BCUT2D eigenvalue weighted by atomic mass is 10.1. The Morgan fingerprint density at radius 2 is 2.00 bits per heavy atom. The van der Waals surface area contributed by atoms with Gasteiger partial charge in [0.2, 0.25) is 0 Å². The summed E-state index contributed by atoms with van der Waals surface area (Å²) in [7, 11) is 0. The van der Waals surface area contributed by atoms with Crippen LogP contribution in [0.4, 0.5) is 0 Å². The minimum absolute atomic E-state index is 0.689. The van der Waals surface area contributed by atoms with Gasteiger partial charge in [0, 0.05) is 16.8 Å². The van der Waals surface area contributed by atoms with Crippen molar-refractivity contribution in [2.45, 2.75) is 0 Å². The van der Waals surface area contributed by atoms with Crippen LogP contribution in [-0.4, -0.2) is 9.97 Å².